The second kappa shape index (κ2) is 8.09. The first-order valence-corrected chi connectivity index (χ1v) is 8.13. The molecular formula is C15H15F3N2O3S. The zero-order chi connectivity index (χ0) is 17.7. The normalized spacial score (nSPS) is 10.8. The number of rotatable bonds is 7. The molecule has 0 saturated heterocycles. The maximum absolute atomic E-state index is 13.6. The van der Waals surface area contributed by atoms with Crippen LogP contribution in [0.3, 0.4) is 0 Å². The summed E-state index contributed by atoms with van der Waals surface area (Å²) in [5.74, 6) is -5.52. The number of carbonyl (C=O) groups excluding carboxylic acids is 2. The Kier molecular flexibility index (Phi) is 6.13. The molecular weight excluding hydrogens is 345 g/mol. The molecule has 0 unspecified atom stereocenters. The van der Waals surface area contributed by atoms with Gasteiger partial charge in [-0.2, -0.15) is 0 Å². The summed E-state index contributed by atoms with van der Waals surface area (Å²) in [5, 5.41) is 2.26. The summed E-state index contributed by atoms with van der Waals surface area (Å²) >= 11 is 0.784. The highest BCUT2D eigenvalue weighted by Gasteiger charge is 2.18. The topological polar surface area (TPSA) is 68.3 Å². The minimum absolute atomic E-state index is 0.0408. The zero-order valence-corrected chi connectivity index (χ0v) is 13.6. The molecule has 9 heteroatoms. The quantitative estimate of drug-likeness (QED) is 0.464. The fraction of sp³-hybridized carbons (Fsp3) is 0.400. The van der Waals surface area contributed by atoms with Crippen molar-refractivity contribution >= 4 is 38.6 Å². The number of fused-ring (bicyclic) bond motifs is 1. The number of ether oxygens (including phenoxy) is 1. The second-order valence-corrected chi connectivity index (χ2v) is 6.05. The number of hydrogen-bond donors (Lipinski definition) is 1. The number of carbonyl (C=O) groups is 2. The first-order valence-electron chi connectivity index (χ1n) is 7.32. The number of benzene rings is 1. The number of esters is 1. The van der Waals surface area contributed by atoms with Crippen LogP contribution in [0.25, 0.3) is 10.2 Å². The third-order valence-corrected chi connectivity index (χ3v) is 4.03. The van der Waals surface area contributed by atoms with Crippen LogP contribution in [0.1, 0.15) is 32.6 Å². The Labute approximate surface area is 139 Å². The summed E-state index contributed by atoms with van der Waals surface area (Å²) in [5.41, 5.74) is -0.370. The molecule has 0 aliphatic rings. The summed E-state index contributed by atoms with van der Waals surface area (Å²) in [6, 6.07) is 0.800. The molecule has 0 radical (unpaired) electrons. The Bertz CT molecular complexity index is 764. The highest BCUT2D eigenvalue weighted by atomic mass is 32.1. The molecule has 0 aliphatic carbocycles. The molecule has 0 fully saturated rings. The number of unbranched alkanes of at least 4 members (excludes halogenated alkanes) is 2. The van der Waals surface area contributed by atoms with Crippen LogP contribution in [0.5, 0.6) is 0 Å². The zero-order valence-electron chi connectivity index (χ0n) is 12.8. The predicted molar refractivity (Wildman–Crippen MR) is 83.2 cm³/mol. The van der Waals surface area contributed by atoms with E-state index in [4.69, 9.17) is 4.74 Å². The summed E-state index contributed by atoms with van der Waals surface area (Å²) in [6.07, 6.45) is 2.77. The van der Waals surface area contributed by atoms with Crippen LogP contribution >= 0.6 is 11.3 Å². The first kappa shape index (κ1) is 18.2. The lowest BCUT2D eigenvalue weighted by Gasteiger charge is -2.04. The smallest absolute Gasteiger partial charge is 0.306 e. The van der Waals surface area contributed by atoms with Gasteiger partial charge in [0.15, 0.2) is 29.2 Å². The SMILES string of the molecule is CCCCCC(=O)OCC(=O)Nc1nc2c(F)c(F)c(F)cc2s1. The van der Waals surface area contributed by atoms with Crippen molar-refractivity contribution in [3.05, 3.63) is 23.5 Å². The van der Waals surface area contributed by atoms with Gasteiger partial charge >= 0.3 is 5.97 Å². The number of nitrogens with one attached hydrogen (secondary N) is 1. The molecule has 0 spiro atoms. The van der Waals surface area contributed by atoms with E-state index in [-0.39, 0.29) is 21.8 Å². The molecule has 130 valence electrons. The van der Waals surface area contributed by atoms with Crippen LogP contribution in [0.2, 0.25) is 0 Å². The molecule has 1 aromatic carbocycles. The molecule has 1 aromatic heterocycles. The minimum atomic E-state index is -1.62. The standard InChI is InChI=1S/C15H15F3N2O3S/c1-2-3-4-5-11(22)23-7-10(21)19-15-20-14-9(24-15)6-8(16)12(17)13(14)18/h6H,2-5,7H2,1H3,(H,19,20,21). The van der Waals surface area contributed by atoms with E-state index < -0.39 is 35.9 Å². The Balaban J connectivity index is 1.94. The van der Waals surface area contributed by atoms with Gasteiger partial charge in [0.2, 0.25) is 0 Å². The molecule has 2 aromatic rings. The third kappa shape index (κ3) is 4.44. The van der Waals surface area contributed by atoms with E-state index in [0.717, 1.165) is 30.2 Å². The summed E-state index contributed by atoms with van der Waals surface area (Å²) < 4.78 is 44.7. The van der Waals surface area contributed by atoms with E-state index in [0.29, 0.717) is 6.42 Å². The van der Waals surface area contributed by atoms with E-state index in [2.05, 4.69) is 10.3 Å². The Morgan fingerprint density at radius 2 is 2.00 bits per heavy atom. The van der Waals surface area contributed by atoms with E-state index in [1.807, 2.05) is 6.92 Å². The van der Waals surface area contributed by atoms with Crippen molar-refractivity contribution in [2.75, 3.05) is 11.9 Å². The predicted octanol–water partition coefficient (Wildman–Crippen LogP) is 3.78. The van der Waals surface area contributed by atoms with Crippen LogP contribution in [0, 0.1) is 17.5 Å². The van der Waals surface area contributed by atoms with Gasteiger partial charge in [-0.1, -0.05) is 31.1 Å². The average molecular weight is 360 g/mol. The van der Waals surface area contributed by atoms with Crippen LogP contribution < -0.4 is 5.32 Å². The maximum atomic E-state index is 13.6. The van der Waals surface area contributed by atoms with Gasteiger partial charge in [0, 0.05) is 6.42 Å². The Morgan fingerprint density at radius 1 is 1.25 bits per heavy atom. The van der Waals surface area contributed by atoms with Gasteiger partial charge in [0.25, 0.3) is 5.91 Å². The fourth-order valence-corrected chi connectivity index (χ4v) is 2.83. The molecule has 1 heterocycles. The van der Waals surface area contributed by atoms with Crippen molar-refractivity contribution in [3.8, 4) is 0 Å². The lowest BCUT2D eigenvalue weighted by atomic mass is 10.2. The van der Waals surface area contributed by atoms with Crippen LogP contribution in [0.4, 0.5) is 18.3 Å². The van der Waals surface area contributed by atoms with Gasteiger partial charge in [0.05, 0.1) is 4.70 Å². The Morgan fingerprint density at radius 3 is 2.71 bits per heavy atom. The third-order valence-electron chi connectivity index (χ3n) is 3.12. The van der Waals surface area contributed by atoms with Gasteiger partial charge < -0.3 is 4.74 Å². The number of nitrogens with zero attached hydrogens (tertiary/aromatic N) is 1. The fourth-order valence-electron chi connectivity index (χ4n) is 1.92. The van der Waals surface area contributed by atoms with Gasteiger partial charge in [0.1, 0.15) is 5.52 Å². The molecule has 1 amide bonds. The van der Waals surface area contributed by atoms with Crippen molar-refractivity contribution < 1.29 is 27.5 Å². The monoisotopic (exact) mass is 360 g/mol. The molecule has 0 aliphatic heterocycles. The summed E-state index contributed by atoms with van der Waals surface area (Å²) in [4.78, 5) is 26.8. The van der Waals surface area contributed by atoms with E-state index >= 15 is 0 Å². The van der Waals surface area contributed by atoms with Crippen LogP contribution in [-0.2, 0) is 14.3 Å². The van der Waals surface area contributed by atoms with E-state index in [1.54, 1.807) is 0 Å². The van der Waals surface area contributed by atoms with Crippen molar-refractivity contribution in [2.45, 2.75) is 32.6 Å². The molecule has 1 N–H and O–H groups in total. The highest BCUT2D eigenvalue weighted by Crippen LogP contribution is 2.30. The Hall–Kier alpha value is -2.16. The summed E-state index contributed by atoms with van der Waals surface area (Å²) in [6.45, 7) is 1.49. The highest BCUT2D eigenvalue weighted by molar-refractivity contribution is 7.22. The number of amides is 1. The lowest BCUT2D eigenvalue weighted by molar-refractivity contribution is -0.147. The van der Waals surface area contributed by atoms with Gasteiger partial charge in [-0.05, 0) is 12.5 Å². The minimum Gasteiger partial charge on any atom is -0.456 e. The van der Waals surface area contributed by atoms with E-state index in [1.165, 1.54) is 0 Å². The number of thiazole rings is 1. The maximum Gasteiger partial charge on any atom is 0.306 e. The number of anilines is 1. The van der Waals surface area contributed by atoms with Crippen molar-refractivity contribution in [1.82, 2.24) is 4.98 Å². The number of halogens is 3. The number of hydrogen-bond acceptors (Lipinski definition) is 5. The lowest BCUT2D eigenvalue weighted by Crippen LogP contribution is -2.20. The summed E-state index contributed by atoms with van der Waals surface area (Å²) in [7, 11) is 0. The largest absolute Gasteiger partial charge is 0.456 e. The molecule has 5 nitrogen and oxygen atoms in total. The molecule has 0 saturated carbocycles. The van der Waals surface area contributed by atoms with Crippen LogP contribution in [-0.4, -0.2) is 23.5 Å². The van der Waals surface area contributed by atoms with Gasteiger partial charge in [-0.3, -0.25) is 14.9 Å². The van der Waals surface area contributed by atoms with Crippen molar-refractivity contribution in [1.29, 1.82) is 0 Å². The molecule has 0 atom stereocenters. The molecule has 24 heavy (non-hydrogen) atoms. The molecule has 2 rings (SSSR count). The van der Waals surface area contributed by atoms with Crippen molar-refractivity contribution in [2.24, 2.45) is 0 Å². The van der Waals surface area contributed by atoms with Gasteiger partial charge in [-0.25, -0.2) is 18.2 Å². The van der Waals surface area contributed by atoms with Crippen molar-refractivity contribution in [3.63, 3.8) is 0 Å². The van der Waals surface area contributed by atoms with Gasteiger partial charge in [-0.15, -0.1) is 0 Å². The second-order valence-electron chi connectivity index (χ2n) is 5.02. The first-order chi connectivity index (χ1) is 11.4. The van der Waals surface area contributed by atoms with E-state index in [9.17, 15) is 22.8 Å². The average Bonchev–Trinajstić information content (AvgIpc) is 2.93. The molecule has 0 bridgehead atoms. The number of aromatic nitrogens is 1. The van der Waals surface area contributed by atoms with Crippen LogP contribution in [0.15, 0.2) is 6.07 Å².